The molecule has 2 rings (SSSR count). The summed E-state index contributed by atoms with van der Waals surface area (Å²) >= 11 is 0. The molecule has 0 heterocycles. The third-order valence-corrected chi connectivity index (χ3v) is 2.47. The van der Waals surface area contributed by atoms with Crippen LogP contribution in [0.15, 0.2) is 36.4 Å². The molecule has 4 heteroatoms. The van der Waals surface area contributed by atoms with Crippen LogP contribution in [0.25, 0.3) is 11.1 Å². The Morgan fingerprint density at radius 1 is 1.06 bits per heavy atom. The summed E-state index contributed by atoms with van der Waals surface area (Å²) in [7, 11) is 1.52. The molecule has 0 bridgehead atoms. The van der Waals surface area contributed by atoms with E-state index in [0.717, 1.165) is 6.07 Å². The lowest BCUT2D eigenvalue weighted by atomic mass is 10.0. The van der Waals surface area contributed by atoms with Gasteiger partial charge in [0.25, 0.3) is 0 Å². The number of ether oxygens (including phenoxy) is 1. The van der Waals surface area contributed by atoms with E-state index in [4.69, 9.17) is 10.5 Å². The van der Waals surface area contributed by atoms with Crippen molar-refractivity contribution in [2.75, 3.05) is 12.8 Å². The number of anilines is 1. The van der Waals surface area contributed by atoms with Crippen molar-refractivity contribution in [3.8, 4) is 16.9 Å². The highest BCUT2D eigenvalue weighted by molar-refractivity contribution is 5.69. The van der Waals surface area contributed by atoms with E-state index >= 15 is 0 Å². The standard InChI is InChI=1S/C13H11F2NO/c1-17-9-4-2-3-8(5-9)10-6-13(16)12(15)7-11(10)14/h2-7H,16H2,1H3. The molecule has 0 aromatic heterocycles. The molecule has 0 spiro atoms. The van der Waals surface area contributed by atoms with Gasteiger partial charge in [-0.2, -0.15) is 0 Å². The van der Waals surface area contributed by atoms with Crippen molar-refractivity contribution in [1.82, 2.24) is 0 Å². The zero-order valence-corrected chi connectivity index (χ0v) is 9.21. The Morgan fingerprint density at radius 2 is 1.82 bits per heavy atom. The zero-order valence-electron chi connectivity index (χ0n) is 9.21. The zero-order chi connectivity index (χ0) is 12.4. The van der Waals surface area contributed by atoms with Crippen LogP contribution in [0.1, 0.15) is 0 Å². The summed E-state index contributed by atoms with van der Waals surface area (Å²) in [4.78, 5) is 0. The number of hydrogen-bond acceptors (Lipinski definition) is 2. The lowest BCUT2D eigenvalue weighted by Crippen LogP contribution is -1.94. The Labute approximate surface area is 97.6 Å². The lowest BCUT2D eigenvalue weighted by Gasteiger charge is -2.07. The van der Waals surface area contributed by atoms with E-state index in [2.05, 4.69) is 0 Å². The van der Waals surface area contributed by atoms with Gasteiger partial charge < -0.3 is 10.5 Å². The molecule has 17 heavy (non-hydrogen) atoms. The van der Waals surface area contributed by atoms with E-state index in [1.165, 1.54) is 13.2 Å². The summed E-state index contributed by atoms with van der Waals surface area (Å²) in [6.07, 6.45) is 0. The monoisotopic (exact) mass is 235 g/mol. The van der Waals surface area contributed by atoms with Gasteiger partial charge in [0.1, 0.15) is 17.4 Å². The Balaban J connectivity index is 2.56. The van der Waals surface area contributed by atoms with Gasteiger partial charge in [-0.1, -0.05) is 12.1 Å². The van der Waals surface area contributed by atoms with Crippen molar-refractivity contribution in [1.29, 1.82) is 0 Å². The Morgan fingerprint density at radius 3 is 2.53 bits per heavy atom. The largest absolute Gasteiger partial charge is 0.497 e. The summed E-state index contributed by atoms with van der Waals surface area (Å²) in [5.74, 6) is -0.802. The van der Waals surface area contributed by atoms with Gasteiger partial charge in [-0.15, -0.1) is 0 Å². The third kappa shape index (κ3) is 2.20. The summed E-state index contributed by atoms with van der Waals surface area (Å²) in [5, 5.41) is 0. The van der Waals surface area contributed by atoms with Crippen LogP contribution in [-0.4, -0.2) is 7.11 Å². The third-order valence-electron chi connectivity index (χ3n) is 2.47. The molecule has 0 aliphatic heterocycles. The molecule has 0 aliphatic carbocycles. The maximum absolute atomic E-state index is 13.6. The highest BCUT2D eigenvalue weighted by Crippen LogP contribution is 2.29. The van der Waals surface area contributed by atoms with Crippen LogP contribution < -0.4 is 10.5 Å². The molecule has 0 saturated heterocycles. The number of nitrogen functional groups attached to an aromatic ring is 1. The van der Waals surface area contributed by atoms with Gasteiger partial charge in [-0.3, -0.25) is 0 Å². The van der Waals surface area contributed by atoms with Crippen LogP contribution in [0.5, 0.6) is 5.75 Å². The van der Waals surface area contributed by atoms with Crippen molar-refractivity contribution in [3.63, 3.8) is 0 Å². The van der Waals surface area contributed by atoms with Gasteiger partial charge >= 0.3 is 0 Å². The topological polar surface area (TPSA) is 35.2 Å². The van der Waals surface area contributed by atoms with E-state index in [0.29, 0.717) is 11.3 Å². The molecule has 2 N–H and O–H groups in total. The molecule has 0 saturated carbocycles. The maximum Gasteiger partial charge on any atom is 0.149 e. The van der Waals surface area contributed by atoms with E-state index in [1.54, 1.807) is 24.3 Å². The van der Waals surface area contributed by atoms with Gasteiger partial charge in [0.15, 0.2) is 0 Å². The first-order valence-corrected chi connectivity index (χ1v) is 5.01. The van der Waals surface area contributed by atoms with Gasteiger partial charge in [0.2, 0.25) is 0 Å². The van der Waals surface area contributed by atoms with Crippen LogP contribution in [-0.2, 0) is 0 Å². The van der Waals surface area contributed by atoms with E-state index in [1.807, 2.05) is 0 Å². The van der Waals surface area contributed by atoms with Crippen molar-refractivity contribution in [2.45, 2.75) is 0 Å². The molecule has 0 radical (unpaired) electrons. The van der Waals surface area contributed by atoms with Gasteiger partial charge in [-0.25, -0.2) is 8.78 Å². The smallest absolute Gasteiger partial charge is 0.149 e. The highest BCUT2D eigenvalue weighted by atomic mass is 19.1. The summed E-state index contributed by atoms with van der Waals surface area (Å²) < 4.78 is 31.7. The number of rotatable bonds is 2. The predicted molar refractivity (Wildman–Crippen MR) is 62.8 cm³/mol. The number of methoxy groups -OCH3 is 1. The second-order valence-electron chi connectivity index (χ2n) is 3.59. The van der Waals surface area contributed by atoms with Gasteiger partial charge in [0.05, 0.1) is 12.8 Å². The molecular weight excluding hydrogens is 224 g/mol. The number of halogens is 2. The SMILES string of the molecule is COc1cccc(-c2cc(N)c(F)cc2F)c1. The minimum Gasteiger partial charge on any atom is -0.497 e. The van der Waals surface area contributed by atoms with Crippen LogP contribution in [0.2, 0.25) is 0 Å². The first-order chi connectivity index (χ1) is 8.11. The molecule has 2 aromatic carbocycles. The van der Waals surface area contributed by atoms with Crippen LogP contribution in [0, 0.1) is 11.6 Å². The molecular formula is C13H11F2NO. The second kappa shape index (κ2) is 4.41. The number of nitrogens with two attached hydrogens (primary N) is 1. The molecule has 2 nitrogen and oxygen atoms in total. The summed E-state index contributed by atoms with van der Waals surface area (Å²) in [5.41, 5.74) is 6.19. The fourth-order valence-electron chi connectivity index (χ4n) is 1.58. The van der Waals surface area contributed by atoms with E-state index in [-0.39, 0.29) is 11.3 Å². The Kier molecular flexibility index (Phi) is 2.95. The first kappa shape index (κ1) is 11.4. The molecule has 0 unspecified atom stereocenters. The molecule has 0 aliphatic rings. The van der Waals surface area contributed by atoms with Crippen molar-refractivity contribution in [3.05, 3.63) is 48.0 Å². The second-order valence-corrected chi connectivity index (χ2v) is 3.59. The van der Waals surface area contributed by atoms with Crippen molar-refractivity contribution >= 4 is 5.69 Å². The van der Waals surface area contributed by atoms with Gasteiger partial charge in [0, 0.05) is 11.6 Å². The van der Waals surface area contributed by atoms with Crippen LogP contribution in [0.4, 0.5) is 14.5 Å². The molecule has 0 fully saturated rings. The highest BCUT2D eigenvalue weighted by Gasteiger charge is 2.10. The summed E-state index contributed by atoms with van der Waals surface area (Å²) in [6, 6.07) is 8.90. The number of benzene rings is 2. The average Bonchev–Trinajstić information content (AvgIpc) is 2.34. The van der Waals surface area contributed by atoms with Crippen LogP contribution in [0.3, 0.4) is 0 Å². The van der Waals surface area contributed by atoms with Gasteiger partial charge in [-0.05, 0) is 23.8 Å². The predicted octanol–water partition coefficient (Wildman–Crippen LogP) is 3.22. The molecule has 88 valence electrons. The minimum atomic E-state index is -0.755. The molecule has 0 atom stereocenters. The van der Waals surface area contributed by atoms with Crippen molar-refractivity contribution in [2.24, 2.45) is 0 Å². The normalized spacial score (nSPS) is 10.3. The maximum atomic E-state index is 13.6. The molecule has 2 aromatic rings. The minimum absolute atomic E-state index is 0.0794. The van der Waals surface area contributed by atoms with E-state index < -0.39 is 11.6 Å². The average molecular weight is 235 g/mol. The van der Waals surface area contributed by atoms with Crippen molar-refractivity contribution < 1.29 is 13.5 Å². The van der Waals surface area contributed by atoms with Crippen LogP contribution >= 0.6 is 0 Å². The molecule has 0 amide bonds. The van der Waals surface area contributed by atoms with E-state index in [9.17, 15) is 8.78 Å². The number of hydrogen-bond donors (Lipinski definition) is 1. The summed E-state index contributed by atoms with van der Waals surface area (Å²) in [6.45, 7) is 0. The quantitative estimate of drug-likeness (QED) is 0.811. The Bertz CT molecular complexity index is 555. The fraction of sp³-hybridized carbons (Fsp3) is 0.0769. The fourth-order valence-corrected chi connectivity index (χ4v) is 1.58. The Hall–Kier alpha value is -2.10. The first-order valence-electron chi connectivity index (χ1n) is 5.01. The lowest BCUT2D eigenvalue weighted by molar-refractivity contribution is 0.415.